The topological polar surface area (TPSA) is 115 Å². The molecule has 10 heteroatoms. The van der Waals surface area contributed by atoms with Crippen LogP contribution < -0.4 is 10.2 Å². The molecule has 0 spiro atoms. The van der Waals surface area contributed by atoms with Crippen molar-refractivity contribution >= 4 is 34.0 Å². The first-order valence-corrected chi connectivity index (χ1v) is 11.3. The smallest absolute Gasteiger partial charge is 0.270 e. The van der Waals surface area contributed by atoms with Crippen LogP contribution in [0.25, 0.3) is 16.7 Å². The molecule has 2 heterocycles. The average Bonchev–Trinajstić information content (AvgIpc) is 3.27. The Kier molecular flexibility index (Phi) is 5.87. The van der Waals surface area contributed by atoms with Crippen LogP contribution in [-0.4, -0.2) is 52.1 Å². The Morgan fingerprint density at radius 3 is 2.37 bits per heavy atom. The van der Waals surface area contributed by atoms with Gasteiger partial charge < -0.3 is 15.0 Å². The Balaban J connectivity index is 1.48. The predicted octanol–water partition coefficient (Wildman–Crippen LogP) is 4.03. The highest BCUT2D eigenvalue weighted by Crippen LogP contribution is 2.29. The van der Waals surface area contributed by atoms with E-state index in [1.54, 1.807) is 16.9 Å². The number of non-ortho nitro benzene ring substituents is 1. The summed E-state index contributed by atoms with van der Waals surface area (Å²) in [6.07, 6.45) is 0. The first kappa shape index (κ1) is 22.5. The van der Waals surface area contributed by atoms with Crippen molar-refractivity contribution in [2.45, 2.75) is 13.8 Å². The van der Waals surface area contributed by atoms with Gasteiger partial charge in [-0.05, 0) is 49.7 Å². The number of amides is 1. The number of benzene rings is 3. The second-order valence-electron chi connectivity index (χ2n) is 8.49. The third-order valence-corrected chi connectivity index (χ3v) is 6.03. The fraction of sp³-hybridized carbons (Fsp3) is 0.240. The minimum absolute atomic E-state index is 0.139. The van der Waals surface area contributed by atoms with Crippen molar-refractivity contribution in [3.63, 3.8) is 0 Å². The first-order valence-electron chi connectivity index (χ1n) is 11.3. The minimum Gasteiger partial charge on any atom is -0.378 e. The highest BCUT2D eigenvalue weighted by molar-refractivity contribution is 6.09. The van der Waals surface area contributed by atoms with E-state index in [1.165, 1.54) is 12.1 Å². The van der Waals surface area contributed by atoms with Crippen LogP contribution >= 0.6 is 0 Å². The number of carbonyl (C=O) groups is 1. The maximum atomic E-state index is 13.4. The van der Waals surface area contributed by atoms with E-state index >= 15 is 0 Å². The van der Waals surface area contributed by atoms with E-state index in [0.29, 0.717) is 48.7 Å². The van der Waals surface area contributed by atoms with Gasteiger partial charge in [0.1, 0.15) is 11.0 Å². The van der Waals surface area contributed by atoms with Crippen LogP contribution in [0.2, 0.25) is 0 Å². The number of carbonyl (C=O) groups excluding carboxylic acids is 1. The molecule has 0 aliphatic carbocycles. The van der Waals surface area contributed by atoms with Gasteiger partial charge in [0, 0.05) is 30.9 Å². The summed E-state index contributed by atoms with van der Waals surface area (Å²) in [7, 11) is 0. The zero-order chi connectivity index (χ0) is 24.5. The molecule has 10 nitrogen and oxygen atoms in total. The molecule has 5 rings (SSSR count). The number of hydrogen-bond donors (Lipinski definition) is 1. The Bertz CT molecular complexity index is 1420. The SMILES string of the molecule is Cc1ccc(-n2nc3cc(C)c(NC(=O)c4cc([N+](=O)[O-])ccc4N4CCOCC4)cc3n2)cc1. The molecule has 1 aliphatic heterocycles. The molecule has 0 unspecified atom stereocenters. The summed E-state index contributed by atoms with van der Waals surface area (Å²) in [4.78, 5) is 27.8. The van der Waals surface area contributed by atoms with Crippen LogP contribution in [0.1, 0.15) is 21.5 Å². The second kappa shape index (κ2) is 9.15. The summed E-state index contributed by atoms with van der Waals surface area (Å²) in [6.45, 7) is 6.16. The summed E-state index contributed by atoms with van der Waals surface area (Å²) >= 11 is 0. The fourth-order valence-electron chi connectivity index (χ4n) is 4.09. The van der Waals surface area contributed by atoms with E-state index in [1.807, 2.05) is 49.1 Å². The summed E-state index contributed by atoms with van der Waals surface area (Å²) in [6, 6.07) is 15.9. The molecule has 1 aromatic heterocycles. The Morgan fingerprint density at radius 2 is 1.69 bits per heavy atom. The lowest BCUT2D eigenvalue weighted by molar-refractivity contribution is -0.384. The number of nitrogens with one attached hydrogen (secondary N) is 1. The van der Waals surface area contributed by atoms with Gasteiger partial charge in [-0.2, -0.15) is 4.80 Å². The van der Waals surface area contributed by atoms with Crippen LogP contribution in [0.4, 0.5) is 17.1 Å². The summed E-state index contributed by atoms with van der Waals surface area (Å²) in [5.41, 5.74) is 5.41. The molecule has 178 valence electrons. The van der Waals surface area contributed by atoms with Crippen LogP contribution in [-0.2, 0) is 4.74 Å². The molecular formula is C25H24N6O4. The van der Waals surface area contributed by atoms with Gasteiger partial charge in [-0.3, -0.25) is 14.9 Å². The number of ether oxygens (including phenoxy) is 1. The average molecular weight is 473 g/mol. The van der Waals surface area contributed by atoms with Gasteiger partial charge in [0.2, 0.25) is 0 Å². The van der Waals surface area contributed by atoms with Gasteiger partial charge in [-0.25, -0.2) is 0 Å². The Hall–Kier alpha value is -4.31. The van der Waals surface area contributed by atoms with E-state index in [2.05, 4.69) is 15.5 Å². The molecule has 35 heavy (non-hydrogen) atoms. The van der Waals surface area contributed by atoms with Crippen molar-refractivity contribution < 1.29 is 14.5 Å². The van der Waals surface area contributed by atoms with E-state index < -0.39 is 10.8 Å². The molecule has 1 amide bonds. The predicted molar refractivity (Wildman–Crippen MR) is 132 cm³/mol. The number of aryl methyl sites for hydroxylation is 2. The largest absolute Gasteiger partial charge is 0.378 e. The van der Waals surface area contributed by atoms with Crippen LogP contribution in [0.5, 0.6) is 0 Å². The number of aromatic nitrogens is 3. The van der Waals surface area contributed by atoms with Crippen LogP contribution in [0, 0.1) is 24.0 Å². The van der Waals surface area contributed by atoms with Gasteiger partial charge >= 0.3 is 0 Å². The lowest BCUT2D eigenvalue weighted by Crippen LogP contribution is -2.37. The maximum absolute atomic E-state index is 13.4. The summed E-state index contributed by atoms with van der Waals surface area (Å²) in [5.74, 6) is -0.427. The molecule has 4 aromatic rings. The van der Waals surface area contributed by atoms with Crippen molar-refractivity contribution in [3.05, 3.63) is 81.4 Å². The maximum Gasteiger partial charge on any atom is 0.270 e. The third-order valence-electron chi connectivity index (χ3n) is 6.03. The van der Waals surface area contributed by atoms with Crippen molar-refractivity contribution in [2.24, 2.45) is 0 Å². The van der Waals surface area contributed by atoms with Crippen LogP contribution in [0.15, 0.2) is 54.6 Å². The number of anilines is 2. The molecule has 1 saturated heterocycles. The van der Waals surface area contributed by atoms with Gasteiger partial charge in [0.25, 0.3) is 11.6 Å². The zero-order valence-electron chi connectivity index (χ0n) is 19.4. The van der Waals surface area contributed by atoms with E-state index in [-0.39, 0.29) is 11.3 Å². The number of nitrogens with zero attached hydrogens (tertiary/aromatic N) is 5. The first-order chi connectivity index (χ1) is 16.9. The molecule has 1 aliphatic rings. The fourth-order valence-corrected chi connectivity index (χ4v) is 4.09. The van der Waals surface area contributed by atoms with E-state index in [9.17, 15) is 14.9 Å². The van der Waals surface area contributed by atoms with Crippen molar-refractivity contribution in [3.8, 4) is 5.69 Å². The molecule has 0 atom stereocenters. The Morgan fingerprint density at radius 1 is 1.00 bits per heavy atom. The van der Waals surface area contributed by atoms with Gasteiger partial charge in [-0.15, -0.1) is 10.2 Å². The van der Waals surface area contributed by atoms with Crippen molar-refractivity contribution in [1.82, 2.24) is 15.0 Å². The molecule has 3 aromatic carbocycles. The number of morpholine rings is 1. The number of fused-ring (bicyclic) bond motifs is 1. The van der Waals surface area contributed by atoms with E-state index in [0.717, 1.165) is 16.8 Å². The third kappa shape index (κ3) is 4.56. The summed E-state index contributed by atoms with van der Waals surface area (Å²) < 4.78 is 5.41. The number of nitro groups is 1. The molecular weight excluding hydrogens is 448 g/mol. The van der Waals surface area contributed by atoms with Gasteiger partial charge in [0.15, 0.2) is 0 Å². The van der Waals surface area contributed by atoms with Gasteiger partial charge in [0.05, 0.1) is 35.1 Å². The number of rotatable bonds is 5. The molecule has 0 bridgehead atoms. The normalized spacial score (nSPS) is 13.7. The highest BCUT2D eigenvalue weighted by Gasteiger charge is 2.23. The monoisotopic (exact) mass is 472 g/mol. The van der Waals surface area contributed by atoms with Crippen LogP contribution in [0.3, 0.4) is 0 Å². The number of hydrogen-bond acceptors (Lipinski definition) is 7. The number of nitro benzene ring substituents is 1. The molecule has 1 N–H and O–H groups in total. The Labute approximate surface area is 201 Å². The van der Waals surface area contributed by atoms with Crippen molar-refractivity contribution in [1.29, 1.82) is 0 Å². The second-order valence-corrected chi connectivity index (χ2v) is 8.49. The lowest BCUT2D eigenvalue weighted by atomic mass is 10.1. The molecule has 0 saturated carbocycles. The highest BCUT2D eigenvalue weighted by atomic mass is 16.6. The minimum atomic E-state index is -0.499. The lowest BCUT2D eigenvalue weighted by Gasteiger charge is -2.30. The van der Waals surface area contributed by atoms with Crippen molar-refractivity contribution in [2.75, 3.05) is 36.5 Å². The molecule has 1 fully saturated rings. The van der Waals surface area contributed by atoms with E-state index in [4.69, 9.17) is 4.74 Å². The molecule has 0 radical (unpaired) electrons. The summed E-state index contributed by atoms with van der Waals surface area (Å²) in [5, 5.41) is 23.4. The zero-order valence-corrected chi connectivity index (χ0v) is 19.4. The quantitative estimate of drug-likeness (QED) is 0.344. The standard InChI is InChI=1S/C25H24N6O4/c1-16-3-5-18(6-4-16)30-27-22-13-17(2)21(15-23(22)28-30)26-25(32)20-14-19(31(33)34)7-8-24(20)29-9-11-35-12-10-29/h3-8,13-15H,9-12H2,1-2H3,(H,26,32). The van der Waals surface area contributed by atoms with Gasteiger partial charge in [-0.1, -0.05) is 17.7 Å².